The first kappa shape index (κ1) is 12.6. The van der Waals surface area contributed by atoms with E-state index in [9.17, 15) is 0 Å². The highest BCUT2D eigenvalue weighted by atomic mass is 32.2. The molecule has 2 unspecified atom stereocenters. The normalized spacial score (nSPS) is 21.0. The molecule has 0 spiro atoms. The summed E-state index contributed by atoms with van der Waals surface area (Å²) < 4.78 is 5.80. The number of benzene rings is 1. The zero-order chi connectivity index (χ0) is 14.2. The molecule has 4 rings (SSSR count). The van der Waals surface area contributed by atoms with Crippen molar-refractivity contribution in [2.45, 2.75) is 16.3 Å². The lowest BCUT2D eigenvalue weighted by molar-refractivity contribution is 0.276. The summed E-state index contributed by atoms with van der Waals surface area (Å²) in [5.41, 5.74) is 8.93. The van der Waals surface area contributed by atoms with Crippen molar-refractivity contribution in [2.75, 3.05) is 6.61 Å². The summed E-state index contributed by atoms with van der Waals surface area (Å²) in [6, 6.07) is 7.81. The largest absolute Gasteiger partial charge is 0.492 e. The van der Waals surface area contributed by atoms with Crippen LogP contribution in [0.3, 0.4) is 0 Å². The number of imidazole rings is 1. The first-order valence-electron chi connectivity index (χ1n) is 6.61. The van der Waals surface area contributed by atoms with Gasteiger partial charge in [0.1, 0.15) is 29.2 Å². The number of H-pyrrole nitrogens is 1. The zero-order valence-electron chi connectivity index (χ0n) is 11.1. The second-order valence-corrected chi connectivity index (χ2v) is 6.04. The van der Waals surface area contributed by atoms with Crippen LogP contribution in [-0.2, 0) is 0 Å². The highest BCUT2D eigenvalue weighted by molar-refractivity contribution is 8.00. The fraction of sp³-hybridized carbons (Fsp3) is 0.214. The maximum Gasteiger partial charge on any atom is 0.181 e. The van der Waals surface area contributed by atoms with Crippen LogP contribution in [0.2, 0.25) is 0 Å². The van der Waals surface area contributed by atoms with Crippen molar-refractivity contribution in [3.05, 3.63) is 42.5 Å². The van der Waals surface area contributed by atoms with Crippen LogP contribution >= 0.6 is 11.8 Å². The summed E-state index contributed by atoms with van der Waals surface area (Å²) in [6.45, 7) is 0.558. The average Bonchev–Trinajstić information content (AvgIpc) is 3.00. The Morgan fingerprint density at radius 3 is 3.10 bits per heavy atom. The van der Waals surface area contributed by atoms with Gasteiger partial charge in [-0.05, 0) is 6.07 Å². The maximum atomic E-state index is 6.39. The third kappa shape index (κ3) is 2.14. The molecule has 3 heterocycles. The molecule has 21 heavy (non-hydrogen) atoms. The number of aromatic nitrogens is 4. The van der Waals surface area contributed by atoms with E-state index in [1.54, 1.807) is 18.1 Å². The fourth-order valence-corrected chi connectivity index (χ4v) is 3.54. The number of thioether (sulfide) groups is 1. The van der Waals surface area contributed by atoms with Gasteiger partial charge in [-0.25, -0.2) is 15.0 Å². The third-order valence-corrected chi connectivity index (χ3v) is 4.80. The van der Waals surface area contributed by atoms with Crippen molar-refractivity contribution >= 4 is 22.9 Å². The Morgan fingerprint density at radius 1 is 1.24 bits per heavy atom. The Labute approximate surface area is 125 Å². The van der Waals surface area contributed by atoms with E-state index in [0.29, 0.717) is 12.3 Å². The van der Waals surface area contributed by atoms with E-state index in [4.69, 9.17) is 10.5 Å². The number of nitrogens with two attached hydrogens (primary N) is 1. The van der Waals surface area contributed by atoms with Crippen molar-refractivity contribution < 1.29 is 4.74 Å². The number of aromatic amines is 1. The highest BCUT2D eigenvalue weighted by Crippen LogP contribution is 2.38. The van der Waals surface area contributed by atoms with E-state index in [-0.39, 0.29) is 11.3 Å². The molecule has 1 aromatic carbocycles. The summed E-state index contributed by atoms with van der Waals surface area (Å²) in [5.74, 6) is 0.872. The van der Waals surface area contributed by atoms with Crippen LogP contribution in [0, 0.1) is 0 Å². The van der Waals surface area contributed by atoms with Crippen LogP contribution in [0.25, 0.3) is 11.2 Å². The molecule has 2 aromatic heterocycles. The minimum Gasteiger partial charge on any atom is -0.492 e. The average molecular weight is 299 g/mol. The maximum absolute atomic E-state index is 6.39. The molecule has 1 aliphatic heterocycles. The number of hydrogen-bond donors (Lipinski definition) is 2. The Balaban J connectivity index is 1.65. The molecule has 106 valence electrons. The van der Waals surface area contributed by atoms with E-state index in [1.165, 1.54) is 6.33 Å². The van der Waals surface area contributed by atoms with Gasteiger partial charge in [0.05, 0.1) is 11.6 Å². The van der Waals surface area contributed by atoms with Gasteiger partial charge in [-0.2, -0.15) is 0 Å². The van der Waals surface area contributed by atoms with Gasteiger partial charge < -0.3 is 15.5 Å². The summed E-state index contributed by atoms with van der Waals surface area (Å²) in [5, 5.41) is 0.947. The molecule has 0 amide bonds. The highest BCUT2D eigenvalue weighted by Gasteiger charge is 2.29. The topological polar surface area (TPSA) is 89.7 Å². The van der Waals surface area contributed by atoms with Crippen LogP contribution in [0.5, 0.6) is 5.75 Å². The molecule has 0 radical (unpaired) electrons. The predicted molar refractivity (Wildman–Crippen MR) is 80.2 cm³/mol. The number of fused-ring (bicyclic) bond motifs is 2. The zero-order valence-corrected chi connectivity index (χ0v) is 11.9. The summed E-state index contributed by atoms with van der Waals surface area (Å²) >= 11 is 1.60. The third-order valence-electron chi connectivity index (χ3n) is 3.53. The van der Waals surface area contributed by atoms with Gasteiger partial charge in [0.2, 0.25) is 0 Å². The van der Waals surface area contributed by atoms with Gasteiger partial charge in [0.15, 0.2) is 5.65 Å². The Morgan fingerprint density at radius 2 is 2.14 bits per heavy atom. The molecule has 3 N–H and O–H groups in total. The Kier molecular flexibility index (Phi) is 3.01. The van der Waals surface area contributed by atoms with Crippen molar-refractivity contribution in [1.82, 2.24) is 19.9 Å². The first-order valence-corrected chi connectivity index (χ1v) is 7.49. The van der Waals surface area contributed by atoms with Crippen LogP contribution in [-0.4, -0.2) is 31.8 Å². The number of para-hydroxylation sites is 1. The Bertz CT molecular complexity index is 790. The second-order valence-electron chi connectivity index (χ2n) is 4.81. The van der Waals surface area contributed by atoms with Crippen molar-refractivity contribution in [3.63, 3.8) is 0 Å². The minimum atomic E-state index is -0.0899. The molecule has 0 fully saturated rings. The van der Waals surface area contributed by atoms with Gasteiger partial charge in [0.25, 0.3) is 0 Å². The summed E-state index contributed by atoms with van der Waals surface area (Å²) in [6.07, 6.45) is 3.14. The number of hydrogen-bond acceptors (Lipinski definition) is 6. The number of rotatable bonds is 2. The second kappa shape index (κ2) is 5.01. The summed E-state index contributed by atoms with van der Waals surface area (Å²) in [4.78, 5) is 15.7. The van der Waals surface area contributed by atoms with E-state index in [0.717, 1.165) is 21.9 Å². The monoisotopic (exact) mass is 299 g/mol. The van der Waals surface area contributed by atoms with Crippen molar-refractivity contribution in [1.29, 1.82) is 0 Å². The SMILES string of the molecule is NC1c2ccccc2OCC1Sc1ncnc2nc[nH]c12. The number of ether oxygens (including phenoxy) is 1. The van der Waals surface area contributed by atoms with Crippen molar-refractivity contribution in [2.24, 2.45) is 5.73 Å². The van der Waals surface area contributed by atoms with E-state index in [1.807, 2.05) is 24.3 Å². The van der Waals surface area contributed by atoms with Gasteiger partial charge >= 0.3 is 0 Å². The van der Waals surface area contributed by atoms with E-state index < -0.39 is 0 Å². The lowest BCUT2D eigenvalue weighted by Crippen LogP contribution is -2.33. The molecule has 7 heteroatoms. The lowest BCUT2D eigenvalue weighted by atomic mass is 10.0. The molecule has 0 aliphatic carbocycles. The molecule has 0 saturated carbocycles. The molecule has 3 aromatic rings. The number of nitrogens with zero attached hydrogens (tertiary/aromatic N) is 3. The van der Waals surface area contributed by atoms with Crippen LogP contribution in [0.15, 0.2) is 41.9 Å². The lowest BCUT2D eigenvalue weighted by Gasteiger charge is -2.30. The summed E-state index contributed by atoms with van der Waals surface area (Å²) in [7, 11) is 0. The van der Waals surface area contributed by atoms with E-state index >= 15 is 0 Å². The minimum absolute atomic E-state index is 0.0899. The smallest absolute Gasteiger partial charge is 0.181 e. The standard InChI is InChI=1S/C14H13N5OS/c15-11-8-3-1-2-4-9(8)20-5-10(11)21-14-12-13(17-6-16-12)18-7-19-14/h1-4,6-7,10-11H,5,15H2,(H,16,17,18,19). The molecule has 2 atom stereocenters. The van der Waals surface area contributed by atoms with Gasteiger partial charge in [-0.15, -0.1) is 0 Å². The number of nitrogens with one attached hydrogen (secondary N) is 1. The van der Waals surface area contributed by atoms with Gasteiger partial charge in [-0.3, -0.25) is 0 Å². The van der Waals surface area contributed by atoms with Crippen LogP contribution < -0.4 is 10.5 Å². The fourth-order valence-electron chi connectivity index (χ4n) is 2.45. The van der Waals surface area contributed by atoms with E-state index in [2.05, 4.69) is 19.9 Å². The van der Waals surface area contributed by atoms with Gasteiger partial charge in [-0.1, -0.05) is 30.0 Å². The molecule has 1 aliphatic rings. The molecule has 6 nitrogen and oxygen atoms in total. The first-order chi connectivity index (χ1) is 10.3. The quantitative estimate of drug-likeness (QED) is 0.703. The Hall–Kier alpha value is -2.12. The molecule has 0 bridgehead atoms. The molecule has 0 saturated heterocycles. The molecular formula is C14H13N5OS. The van der Waals surface area contributed by atoms with Crippen LogP contribution in [0.4, 0.5) is 0 Å². The van der Waals surface area contributed by atoms with Gasteiger partial charge in [0, 0.05) is 11.6 Å². The predicted octanol–water partition coefficient (Wildman–Crippen LogP) is 1.91. The molecular weight excluding hydrogens is 286 g/mol. The van der Waals surface area contributed by atoms with Crippen LogP contribution in [0.1, 0.15) is 11.6 Å². The van der Waals surface area contributed by atoms with Crippen molar-refractivity contribution in [3.8, 4) is 5.75 Å².